The van der Waals surface area contributed by atoms with Crippen LogP contribution in [0, 0.1) is 6.92 Å². The Bertz CT molecular complexity index is 987. The number of carbonyl (C=O) groups excluding carboxylic acids is 2. The van der Waals surface area contributed by atoms with Gasteiger partial charge in [0, 0.05) is 23.4 Å². The number of rotatable bonds is 5. The van der Waals surface area contributed by atoms with Crippen LogP contribution in [-0.4, -0.2) is 29.5 Å². The fourth-order valence-corrected chi connectivity index (χ4v) is 3.64. The van der Waals surface area contributed by atoms with Crippen molar-refractivity contribution >= 4 is 34.5 Å². The summed E-state index contributed by atoms with van der Waals surface area (Å²) in [6.45, 7) is 2.48. The first-order valence-electron chi connectivity index (χ1n) is 8.95. The number of amides is 2. The van der Waals surface area contributed by atoms with Crippen LogP contribution in [0.1, 0.15) is 29.1 Å². The molecule has 1 saturated heterocycles. The molecule has 0 radical (unpaired) electrons. The van der Waals surface area contributed by atoms with Crippen molar-refractivity contribution in [2.75, 3.05) is 17.2 Å². The van der Waals surface area contributed by atoms with Crippen LogP contribution in [0.2, 0.25) is 0 Å². The summed E-state index contributed by atoms with van der Waals surface area (Å²) in [5, 5.41) is 7.97. The summed E-state index contributed by atoms with van der Waals surface area (Å²) in [4.78, 5) is 28.8. The van der Waals surface area contributed by atoms with E-state index in [-0.39, 0.29) is 17.9 Å². The quantitative estimate of drug-likeness (QED) is 0.677. The predicted octanol–water partition coefficient (Wildman–Crippen LogP) is 4.08. The largest absolute Gasteiger partial charge is 0.459 e. The maximum atomic E-state index is 12.4. The van der Waals surface area contributed by atoms with E-state index in [1.54, 1.807) is 29.6 Å². The van der Waals surface area contributed by atoms with Gasteiger partial charge in [-0.15, -0.1) is 11.3 Å². The lowest BCUT2D eigenvalue weighted by molar-refractivity contribution is -0.124. The molecule has 144 valence electrons. The molecule has 3 aromatic rings. The van der Waals surface area contributed by atoms with Gasteiger partial charge in [-0.1, -0.05) is 0 Å². The van der Waals surface area contributed by atoms with E-state index < -0.39 is 0 Å². The van der Waals surface area contributed by atoms with E-state index in [0.29, 0.717) is 34.4 Å². The number of benzene rings is 1. The van der Waals surface area contributed by atoms with Crippen LogP contribution in [0.5, 0.6) is 0 Å². The number of hydrogen-bond acceptors (Lipinski definition) is 6. The van der Waals surface area contributed by atoms with E-state index in [1.807, 2.05) is 19.1 Å². The third-order valence-corrected chi connectivity index (χ3v) is 5.18. The highest BCUT2D eigenvalue weighted by Crippen LogP contribution is 2.26. The molecule has 1 aromatic carbocycles. The number of hydrogen-bond donors (Lipinski definition) is 2. The molecular formula is C20H19N3O4S. The molecule has 4 rings (SSSR count). The van der Waals surface area contributed by atoms with Gasteiger partial charge in [0.15, 0.2) is 10.8 Å². The Kier molecular flexibility index (Phi) is 5.23. The van der Waals surface area contributed by atoms with E-state index in [0.717, 1.165) is 18.6 Å². The van der Waals surface area contributed by atoms with Crippen LogP contribution < -0.4 is 10.6 Å². The molecule has 1 aliphatic heterocycles. The van der Waals surface area contributed by atoms with Gasteiger partial charge in [0.1, 0.15) is 17.6 Å². The van der Waals surface area contributed by atoms with Crippen molar-refractivity contribution in [3.8, 4) is 10.8 Å². The number of carbonyl (C=O) groups is 2. The molecule has 1 aliphatic rings. The lowest BCUT2D eigenvalue weighted by atomic mass is 10.2. The maximum Gasteiger partial charge on any atom is 0.275 e. The van der Waals surface area contributed by atoms with Gasteiger partial charge >= 0.3 is 0 Å². The molecule has 1 fully saturated rings. The van der Waals surface area contributed by atoms with Gasteiger partial charge < -0.3 is 19.8 Å². The third kappa shape index (κ3) is 4.13. The highest BCUT2D eigenvalue weighted by Gasteiger charge is 2.23. The van der Waals surface area contributed by atoms with Crippen molar-refractivity contribution < 1.29 is 18.7 Å². The van der Waals surface area contributed by atoms with Gasteiger partial charge in [0.2, 0.25) is 0 Å². The Morgan fingerprint density at radius 1 is 1.11 bits per heavy atom. The highest BCUT2D eigenvalue weighted by atomic mass is 32.1. The standard InChI is InChI=1S/C20H19N3O4S/c1-12-4-9-17(27-12)20-23-15(11-28-20)18(24)21-13-5-7-14(8-6-13)22-19(25)16-3-2-10-26-16/h4-9,11,16H,2-3,10H2,1H3,(H,21,24)(H,22,25)/t16-/m0/s1. The monoisotopic (exact) mass is 397 g/mol. The minimum absolute atomic E-state index is 0.141. The molecule has 0 aliphatic carbocycles. The second-order valence-electron chi connectivity index (χ2n) is 6.47. The zero-order chi connectivity index (χ0) is 19.5. The average Bonchev–Trinajstić information content (AvgIpc) is 3.44. The molecular weight excluding hydrogens is 378 g/mol. The summed E-state index contributed by atoms with van der Waals surface area (Å²) in [5.74, 6) is 0.995. The van der Waals surface area contributed by atoms with Crippen LogP contribution in [0.3, 0.4) is 0 Å². The first-order chi connectivity index (χ1) is 13.6. The number of furan rings is 1. The van der Waals surface area contributed by atoms with E-state index in [9.17, 15) is 9.59 Å². The Hall–Kier alpha value is -2.97. The summed E-state index contributed by atoms with van der Waals surface area (Å²) in [5.41, 5.74) is 1.59. The number of aryl methyl sites for hydroxylation is 1. The van der Waals surface area contributed by atoms with Gasteiger partial charge in [-0.3, -0.25) is 9.59 Å². The van der Waals surface area contributed by atoms with Crippen LogP contribution in [0.15, 0.2) is 46.2 Å². The van der Waals surface area contributed by atoms with Crippen molar-refractivity contribution in [1.29, 1.82) is 0 Å². The van der Waals surface area contributed by atoms with Crippen molar-refractivity contribution in [2.24, 2.45) is 0 Å². The van der Waals surface area contributed by atoms with Crippen molar-refractivity contribution in [3.63, 3.8) is 0 Å². The zero-order valence-electron chi connectivity index (χ0n) is 15.2. The number of nitrogens with zero attached hydrogens (tertiary/aromatic N) is 1. The number of aromatic nitrogens is 1. The number of anilines is 2. The van der Waals surface area contributed by atoms with E-state index in [2.05, 4.69) is 15.6 Å². The Balaban J connectivity index is 1.37. The normalized spacial score (nSPS) is 16.1. The third-order valence-electron chi connectivity index (χ3n) is 4.32. The molecule has 0 unspecified atom stereocenters. The van der Waals surface area contributed by atoms with Crippen LogP contribution in [-0.2, 0) is 9.53 Å². The van der Waals surface area contributed by atoms with Crippen LogP contribution in [0.25, 0.3) is 10.8 Å². The fraction of sp³-hybridized carbons (Fsp3) is 0.250. The Labute approximate surface area is 165 Å². The molecule has 1 atom stereocenters. The first-order valence-corrected chi connectivity index (χ1v) is 9.83. The SMILES string of the molecule is Cc1ccc(-c2nc(C(=O)Nc3ccc(NC(=O)[C@@H]4CCCO4)cc3)cs2)o1. The van der Waals surface area contributed by atoms with Crippen LogP contribution >= 0.6 is 11.3 Å². The molecule has 2 amide bonds. The maximum absolute atomic E-state index is 12.4. The van der Waals surface area contributed by atoms with E-state index in [1.165, 1.54) is 11.3 Å². The van der Waals surface area contributed by atoms with Gasteiger partial charge in [-0.25, -0.2) is 4.98 Å². The van der Waals surface area contributed by atoms with E-state index >= 15 is 0 Å². The average molecular weight is 397 g/mol. The molecule has 3 heterocycles. The van der Waals surface area contributed by atoms with Crippen molar-refractivity contribution in [2.45, 2.75) is 25.9 Å². The minimum Gasteiger partial charge on any atom is -0.459 e. The number of nitrogens with one attached hydrogen (secondary N) is 2. The Morgan fingerprint density at radius 2 is 1.86 bits per heavy atom. The van der Waals surface area contributed by atoms with Gasteiger partial charge in [-0.05, 0) is 56.2 Å². The van der Waals surface area contributed by atoms with Crippen molar-refractivity contribution in [1.82, 2.24) is 4.98 Å². The fourth-order valence-electron chi connectivity index (χ4n) is 2.88. The summed E-state index contributed by atoms with van der Waals surface area (Å²) in [6, 6.07) is 10.6. The first kappa shape index (κ1) is 18.4. The highest BCUT2D eigenvalue weighted by molar-refractivity contribution is 7.13. The topological polar surface area (TPSA) is 93.5 Å². The molecule has 0 saturated carbocycles. The van der Waals surface area contributed by atoms with Gasteiger partial charge in [-0.2, -0.15) is 0 Å². The molecule has 2 N–H and O–H groups in total. The molecule has 0 spiro atoms. The lowest BCUT2D eigenvalue weighted by Crippen LogP contribution is -2.26. The molecule has 28 heavy (non-hydrogen) atoms. The van der Waals surface area contributed by atoms with Gasteiger partial charge in [0.25, 0.3) is 11.8 Å². The van der Waals surface area contributed by atoms with E-state index in [4.69, 9.17) is 9.15 Å². The number of ether oxygens (including phenoxy) is 1. The van der Waals surface area contributed by atoms with Crippen LogP contribution in [0.4, 0.5) is 11.4 Å². The second-order valence-corrected chi connectivity index (χ2v) is 7.33. The zero-order valence-corrected chi connectivity index (χ0v) is 16.0. The second kappa shape index (κ2) is 7.95. The molecule has 0 bridgehead atoms. The lowest BCUT2D eigenvalue weighted by Gasteiger charge is -2.11. The summed E-state index contributed by atoms with van der Waals surface area (Å²) in [6.07, 6.45) is 1.27. The minimum atomic E-state index is -0.379. The molecule has 7 nitrogen and oxygen atoms in total. The summed E-state index contributed by atoms with van der Waals surface area (Å²) < 4.78 is 10.9. The predicted molar refractivity (Wildman–Crippen MR) is 107 cm³/mol. The molecule has 8 heteroatoms. The van der Waals surface area contributed by atoms with Crippen molar-refractivity contribution in [3.05, 3.63) is 53.2 Å². The summed E-state index contributed by atoms with van der Waals surface area (Å²) in [7, 11) is 0. The number of thiazole rings is 1. The molecule has 2 aromatic heterocycles. The smallest absolute Gasteiger partial charge is 0.275 e. The van der Waals surface area contributed by atoms with Gasteiger partial charge in [0.05, 0.1) is 0 Å². The summed E-state index contributed by atoms with van der Waals surface area (Å²) >= 11 is 1.35. The Morgan fingerprint density at radius 3 is 2.50 bits per heavy atom.